The number of carbonyl (C=O) groups is 3. The number of fused-ring (bicyclic) bond motifs is 3. The maximum absolute atomic E-state index is 14.7. The van der Waals surface area contributed by atoms with Crippen LogP contribution in [-0.4, -0.2) is 44.5 Å². The van der Waals surface area contributed by atoms with Gasteiger partial charge in [-0.2, -0.15) is 0 Å². The summed E-state index contributed by atoms with van der Waals surface area (Å²) in [5.41, 5.74) is 1.89. The Kier molecular flexibility index (Phi) is 11.0. The van der Waals surface area contributed by atoms with Crippen LogP contribution in [0.4, 0.5) is 4.79 Å². The van der Waals surface area contributed by atoms with Gasteiger partial charge in [-0.25, -0.2) is 14.7 Å². The van der Waals surface area contributed by atoms with Gasteiger partial charge in [0.15, 0.2) is 5.78 Å². The highest BCUT2D eigenvalue weighted by Crippen LogP contribution is 2.40. The van der Waals surface area contributed by atoms with Crippen LogP contribution < -0.4 is 16.4 Å². The lowest BCUT2D eigenvalue weighted by Crippen LogP contribution is -2.62. The normalized spacial score (nSPS) is 18.4. The standard InChI is InChI=1S/C35H41Cl2N5O6/c1-5-19(3)23(32-41-42-34(46)48-32)16-28(43)35(13-12-27-25(17-35)24-14-22(36)15-26(37)30(24)38-27)40-31(44)29(20(4)6-2)39-33(45)47-18-21-10-8-7-9-11-21/h7-11,14-15,19-20,23,29,38H,5-6,12-13,16-18H2,1-4H3,(H,39,45)(H,40,44)(H,42,46)/t19?,20?,23-,29-,35+/m0/s1. The number of nitrogens with one attached hydrogen (secondary N) is 4. The van der Waals surface area contributed by atoms with Crippen LogP contribution >= 0.6 is 23.2 Å². The van der Waals surface area contributed by atoms with E-state index in [0.717, 1.165) is 22.2 Å². The summed E-state index contributed by atoms with van der Waals surface area (Å²) in [6, 6.07) is 11.7. The Bertz CT molecular complexity index is 1840. The molecule has 0 radical (unpaired) electrons. The summed E-state index contributed by atoms with van der Waals surface area (Å²) in [6.07, 6.45) is 1.38. The monoisotopic (exact) mass is 697 g/mol. The predicted molar refractivity (Wildman–Crippen MR) is 183 cm³/mol. The van der Waals surface area contributed by atoms with E-state index in [1.54, 1.807) is 12.1 Å². The number of halogens is 2. The molecule has 48 heavy (non-hydrogen) atoms. The second kappa shape index (κ2) is 15.0. The molecule has 4 aromatic rings. The fraction of sp³-hybridized carbons (Fsp3) is 0.457. The summed E-state index contributed by atoms with van der Waals surface area (Å²) in [5.74, 6) is -2.16. The zero-order valence-corrected chi connectivity index (χ0v) is 29.0. The maximum atomic E-state index is 14.7. The van der Waals surface area contributed by atoms with E-state index in [2.05, 4.69) is 25.8 Å². The third-order valence-electron chi connectivity index (χ3n) is 9.69. The van der Waals surface area contributed by atoms with E-state index in [9.17, 15) is 19.2 Å². The molecule has 2 aromatic carbocycles. The van der Waals surface area contributed by atoms with Crippen LogP contribution in [0.1, 0.15) is 82.0 Å². The number of hydrogen-bond donors (Lipinski definition) is 4. The number of aromatic nitrogens is 3. The number of aromatic amines is 2. The number of ketones is 1. The molecule has 4 N–H and O–H groups in total. The van der Waals surface area contributed by atoms with E-state index in [-0.39, 0.29) is 49.4 Å². The quantitative estimate of drug-likeness (QED) is 0.122. The first-order chi connectivity index (χ1) is 22.9. The van der Waals surface area contributed by atoms with Crippen molar-refractivity contribution in [3.8, 4) is 0 Å². The van der Waals surface area contributed by atoms with Crippen molar-refractivity contribution in [2.75, 3.05) is 0 Å². The molecule has 1 aliphatic carbocycles. The van der Waals surface area contributed by atoms with Crippen molar-refractivity contribution in [2.24, 2.45) is 11.8 Å². The topological polar surface area (TPSA) is 159 Å². The molecule has 0 spiro atoms. The molecule has 2 unspecified atom stereocenters. The Morgan fingerprint density at radius 1 is 1.08 bits per heavy atom. The maximum Gasteiger partial charge on any atom is 0.434 e. The minimum Gasteiger partial charge on any atom is -0.445 e. The summed E-state index contributed by atoms with van der Waals surface area (Å²) in [4.78, 5) is 57.1. The van der Waals surface area contributed by atoms with Gasteiger partial charge < -0.3 is 24.8 Å². The van der Waals surface area contributed by atoms with E-state index in [0.29, 0.717) is 34.8 Å². The molecule has 0 fully saturated rings. The van der Waals surface area contributed by atoms with Crippen molar-refractivity contribution >= 4 is 51.9 Å². The molecule has 0 saturated carbocycles. The first-order valence-corrected chi connectivity index (χ1v) is 17.1. The number of amides is 2. The van der Waals surface area contributed by atoms with E-state index >= 15 is 0 Å². The lowest BCUT2D eigenvalue weighted by molar-refractivity contribution is -0.134. The Labute approximate surface area is 288 Å². The molecule has 13 heteroatoms. The molecule has 0 aliphatic heterocycles. The SMILES string of the molecule is CCC(C)[C@H](NC(=O)OCc1ccccc1)C(=O)N[C@]1(C(=O)C[C@H](c2n[nH]c(=O)o2)C(C)CC)CCc2[nH]c3c(Cl)cc(Cl)cc3c2C1. The van der Waals surface area contributed by atoms with Gasteiger partial charge >= 0.3 is 11.8 Å². The minimum atomic E-state index is -1.36. The fourth-order valence-corrected chi connectivity index (χ4v) is 6.95. The van der Waals surface area contributed by atoms with Gasteiger partial charge in [0.1, 0.15) is 18.2 Å². The summed E-state index contributed by atoms with van der Waals surface area (Å²) < 4.78 is 10.8. The number of Topliss-reactive ketones (excluding diaryl/α,β-unsaturated/α-hetero) is 1. The van der Waals surface area contributed by atoms with Gasteiger partial charge in [-0.15, -0.1) is 5.10 Å². The van der Waals surface area contributed by atoms with Crippen molar-refractivity contribution in [1.82, 2.24) is 25.8 Å². The average Bonchev–Trinajstić information content (AvgIpc) is 3.67. The van der Waals surface area contributed by atoms with Crippen molar-refractivity contribution in [3.05, 3.63) is 85.8 Å². The smallest absolute Gasteiger partial charge is 0.434 e. The van der Waals surface area contributed by atoms with Crippen molar-refractivity contribution < 1.29 is 23.5 Å². The Morgan fingerprint density at radius 2 is 1.81 bits per heavy atom. The molecule has 5 atom stereocenters. The summed E-state index contributed by atoms with van der Waals surface area (Å²) in [6.45, 7) is 7.76. The van der Waals surface area contributed by atoms with Crippen molar-refractivity contribution in [2.45, 2.75) is 90.3 Å². The van der Waals surface area contributed by atoms with Crippen molar-refractivity contribution in [1.29, 1.82) is 0 Å². The first-order valence-electron chi connectivity index (χ1n) is 16.3. The number of alkyl carbamates (subject to hydrolysis) is 1. The van der Waals surface area contributed by atoms with Crippen molar-refractivity contribution in [3.63, 3.8) is 0 Å². The average molecular weight is 699 g/mol. The lowest BCUT2D eigenvalue weighted by atomic mass is 9.73. The molecule has 5 rings (SSSR count). The molecule has 256 valence electrons. The van der Waals surface area contributed by atoms with E-state index < -0.39 is 35.3 Å². The largest absolute Gasteiger partial charge is 0.445 e. The van der Waals surface area contributed by atoms with E-state index in [1.165, 1.54) is 0 Å². The van der Waals surface area contributed by atoms with Gasteiger partial charge in [0.25, 0.3) is 0 Å². The second-order valence-corrected chi connectivity index (χ2v) is 13.6. The number of rotatable bonds is 13. The number of carbonyl (C=O) groups excluding carboxylic acids is 3. The van der Waals surface area contributed by atoms with Crippen LogP contribution in [0, 0.1) is 11.8 Å². The summed E-state index contributed by atoms with van der Waals surface area (Å²) >= 11 is 12.9. The summed E-state index contributed by atoms with van der Waals surface area (Å²) in [7, 11) is 0. The zero-order valence-electron chi connectivity index (χ0n) is 27.5. The molecule has 2 amide bonds. The number of hydrogen-bond acceptors (Lipinski definition) is 7. The zero-order chi connectivity index (χ0) is 34.6. The van der Waals surface area contributed by atoms with Gasteiger partial charge in [-0.1, -0.05) is 94.1 Å². The van der Waals surface area contributed by atoms with E-state index in [4.69, 9.17) is 32.4 Å². The van der Waals surface area contributed by atoms with Gasteiger partial charge in [-0.3, -0.25) is 9.59 Å². The number of aryl methyl sites for hydroxylation is 1. The molecule has 1 aliphatic rings. The van der Waals surface area contributed by atoms with Crippen LogP contribution in [0.3, 0.4) is 0 Å². The highest BCUT2D eigenvalue weighted by molar-refractivity contribution is 6.38. The molecule has 2 aromatic heterocycles. The van der Waals surface area contributed by atoms with Crippen LogP contribution in [0.15, 0.2) is 51.7 Å². The van der Waals surface area contributed by atoms with Gasteiger partial charge in [0.05, 0.1) is 10.5 Å². The highest BCUT2D eigenvalue weighted by Gasteiger charge is 2.46. The fourth-order valence-electron chi connectivity index (χ4n) is 6.40. The third-order valence-corrected chi connectivity index (χ3v) is 10.2. The van der Waals surface area contributed by atoms with Crippen LogP contribution in [-0.2, 0) is 33.8 Å². The predicted octanol–water partition coefficient (Wildman–Crippen LogP) is 6.62. The van der Waals surface area contributed by atoms with Gasteiger partial charge in [-0.05, 0) is 47.9 Å². The molecule has 0 saturated heterocycles. The molecular formula is C35H41Cl2N5O6. The van der Waals surface area contributed by atoms with Gasteiger partial charge in [0, 0.05) is 34.9 Å². The Balaban J connectivity index is 1.48. The highest BCUT2D eigenvalue weighted by atomic mass is 35.5. The molecule has 11 nitrogen and oxygen atoms in total. The lowest BCUT2D eigenvalue weighted by Gasteiger charge is -2.39. The summed E-state index contributed by atoms with van der Waals surface area (Å²) in [5, 5.41) is 13.9. The van der Waals surface area contributed by atoms with Gasteiger partial charge in [0.2, 0.25) is 11.8 Å². The third kappa shape index (κ3) is 7.63. The molecule has 2 heterocycles. The number of H-pyrrole nitrogens is 2. The Morgan fingerprint density at radius 3 is 2.48 bits per heavy atom. The molecular weight excluding hydrogens is 657 g/mol. The van der Waals surface area contributed by atoms with E-state index in [1.807, 2.05) is 58.0 Å². The number of benzene rings is 2. The first kappa shape index (κ1) is 35.2. The van der Waals surface area contributed by atoms with Crippen LogP contribution in [0.25, 0.3) is 10.9 Å². The Hall–Kier alpha value is -4.09. The minimum absolute atomic E-state index is 0.0389. The molecule has 0 bridgehead atoms. The van der Waals surface area contributed by atoms with Crippen LogP contribution in [0.2, 0.25) is 10.0 Å². The van der Waals surface area contributed by atoms with Crippen LogP contribution in [0.5, 0.6) is 0 Å². The number of nitrogens with zero attached hydrogens (tertiary/aromatic N) is 1. The number of ether oxygens (including phenoxy) is 1. The second-order valence-electron chi connectivity index (χ2n) is 12.8.